The van der Waals surface area contributed by atoms with Crippen molar-refractivity contribution in [3.8, 4) is 0 Å². The van der Waals surface area contributed by atoms with Crippen LogP contribution >= 0.6 is 0 Å². The van der Waals surface area contributed by atoms with E-state index in [1.54, 1.807) is 0 Å². The number of imide groups is 1. The van der Waals surface area contributed by atoms with Crippen LogP contribution in [-0.2, 0) is 16.1 Å². The number of piperidine rings is 1. The van der Waals surface area contributed by atoms with Crippen LogP contribution in [0.3, 0.4) is 0 Å². The van der Waals surface area contributed by atoms with Gasteiger partial charge in [0.2, 0.25) is 11.8 Å². The zero-order valence-corrected chi connectivity index (χ0v) is 9.99. The largest absolute Gasteiger partial charge is 0.326 e. The number of hydrogen-bond donors (Lipinski definition) is 2. The van der Waals surface area contributed by atoms with E-state index in [1.165, 1.54) is 11.1 Å². The predicted molar refractivity (Wildman–Crippen MR) is 62.0 cm³/mol. The highest BCUT2D eigenvalue weighted by Crippen LogP contribution is 2.34. The molecule has 0 bridgehead atoms. The molecule has 1 fully saturated rings. The van der Waals surface area contributed by atoms with E-state index in [9.17, 15) is 9.59 Å². The number of nitrogens with two attached hydrogens (primary N) is 1. The van der Waals surface area contributed by atoms with E-state index < -0.39 is 0 Å². The molecule has 92 valence electrons. The molecular formula is C11H16N4O2. The lowest BCUT2D eigenvalue weighted by atomic mass is 9.81. The molecule has 0 aliphatic carbocycles. The van der Waals surface area contributed by atoms with Gasteiger partial charge in [-0.15, -0.1) is 0 Å². The first-order valence-corrected chi connectivity index (χ1v) is 5.53. The number of nitrogens with one attached hydrogen (secondary N) is 1. The zero-order valence-electron chi connectivity index (χ0n) is 9.99. The first kappa shape index (κ1) is 11.8. The molecule has 2 heterocycles. The van der Waals surface area contributed by atoms with Crippen LogP contribution in [-0.4, -0.2) is 22.0 Å². The molecule has 1 aromatic rings. The van der Waals surface area contributed by atoms with E-state index in [0.29, 0.717) is 24.2 Å². The van der Waals surface area contributed by atoms with Crippen LogP contribution in [0.5, 0.6) is 0 Å². The maximum Gasteiger partial charge on any atom is 0.235 e. The lowest BCUT2D eigenvalue weighted by molar-refractivity contribution is -0.132. The molecule has 0 aromatic carbocycles. The second-order valence-corrected chi connectivity index (χ2v) is 5.09. The molecule has 17 heavy (non-hydrogen) atoms. The van der Waals surface area contributed by atoms with Gasteiger partial charge in [0.1, 0.15) is 5.82 Å². The van der Waals surface area contributed by atoms with Gasteiger partial charge in [-0.2, -0.15) is 5.10 Å². The van der Waals surface area contributed by atoms with Crippen molar-refractivity contribution in [1.82, 2.24) is 10.2 Å². The van der Waals surface area contributed by atoms with Gasteiger partial charge in [-0.3, -0.25) is 14.7 Å². The lowest BCUT2D eigenvalue weighted by Gasteiger charge is -2.34. The molecule has 0 unspecified atom stereocenters. The van der Waals surface area contributed by atoms with Gasteiger partial charge >= 0.3 is 0 Å². The number of aromatic amines is 1. The molecule has 2 rings (SSSR count). The molecule has 0 radical (unpaired) electrons. The van der Waals surface area contributed by atoms with Gasteiger partial charge in [0.15, 0.2) is 0 Å². The Bertz CT molecular complexity index is 444. The Morgan fingerprint density at radius 3 is 2.53 bits per heavy atom. The number of anilines is 1. The highest BCUT2D eigenvalue weighted by molar-refractivity contribution is 6.16. The number of H-pyrrole nitrogens is 1. The van der Waals surface area contributed by atoms with Crippen molar-refractivity contribution in [2.24, 2.45) is 11.1 Å². The Morgan fingerprint density at radius 1 is 1.41 bits per heavy atom. The quantitative estimate of drug-likeness (QED) is 0.733. The molecule has 2 amide bonds. The number of carbonyl (C=O) groups excluding carboxylic acids is 2. The molecule has 1 aromatic heterocycles. The fourth-order valence-corrected chi connectivity index (χ4v) is 2.08. The average Bonchev–Trinajstić information content (AvgIpc) is 2.62. The van der Waals surface area contributed by atoms with E-state index in [-0.39, 0.29) is 23.8 Å². The van der Waals surface area contributed by atoms with Gasteiger partial charge in [-0.05, 0) is 5.41 Å². The van der Waals surface area contributed by atoms with Crippen LogP contribution in [0.1, 0.15) is 32.3 Å². The third kappa shape index (κ3) is 2.08. The maximum absolute atomic E-state index is 12.0. The third-order valence-electron chi connectivity index (χ3n) is 2.90. The first-order chi connectivity index (χ1) is 7.94. The number of nitrogens with zero attached hydrogens (tertiary/aromatic N) is 2. The maximum atomic E-state index is 12.0. The minimum atomic E-state index is -0.270. The topological polar surface area (TPSA) is 92.1 Å². The summed E-state index contributed by atoms with van der Waals surface area (Å²) in [4.78, 5) is 25.2. The number of hydrogen-bond acceptors (Lipinski definition) is 4. The summed E-state index contributed by atoms with van der Waals surface area (Å²) < 4.78 is 0. The van der Waals surface area contributed by atoms with Crippen LogP contribution in [0, 0.1) is 5.41 Å². The van der Waals surface area contributed by atoms with E-state index in [1.807, 2.05) is 13.8 Å². The van der Waals surface area contributed by atoms with Crippen molar-refractivity contribution >= 4 is 17.6 Å². The number of amides is 2. The molecule has 0 spiro atoms. The Morgan fingerprint density at radius 2 is 2.00 bits per heavy atom. The van der Waals surface area contributed by atoms with Gasteiger partial charge in [-0.25, -0.2) is 4.90 Å². The van der Waals surface area contributed by atoms with Gasteiger partial charge in [0.05, 0.1) is 6.20 Å². The number of rotatable bonds is 2. The molecule has 1 aliphatic rings. The summed E-state index contributed by atoms with van der Waals surface area (Å²) in [5, 5.41) is 6.49. The second kappa shape index (κ2) is 3.96. The normalized spacial score (nSPS) is 19.8. The van der Waals surface area contributed by atoms with Gasteiger partial charge < -0.3 is 5.73 Å². The lowest BCUT2D eigenvalue weighted by Crippen LogP contribution is -2.46. The average molecular weight is 236 g/mol. The first-order valence-electron chi connectivity index (χ1n) is 5.53. The SMILES string of the molecule is CC1(C)CC(=O)N(c2[nH]ncc2CN)C(=O)C1. The second-order valence-electron chi connectivity index (χ2n) is 5.09. The smallest absolute Gasteiger partial charge is 0.235 e. The van der Waals surface area contributed by atoms with Crippen molar-refractivity contribution < 1.29 is 9.59 Å². The fraction of sp³-hybridized carbons (Fsp3) is 0.545. The van der Waals surface area contributed by atoms with E-state index in [0.717, 1.165) is 0 Å². The van der Waals surface area contributed by atoms with Crippen molar-refractivity contribution in [1.29, 1.82) is 0 Å². The van der Waals surface area contributed by atoms with Crippen molar-refractivity contribution in [3.63, 3.8) is 0 Å². The van der Waals surface area contributed by atoms with Gasteiger partial charge in [0.25, 0.3) is 0 Å². The summed E-state index contributed by atoms with van der Waals surface area (Å²) in [5.74, 6) is 0.00778. The van der Waals surface area contributed by atoms with Crippen molar-refractivity contribution in [3.05, 3.63) is 11.8 Å². The van der Waals surface area contributed by atoms with Crippen LogP contribution in [0.4, 0.5) is 5.82 Å². The third-order valence-corrected chi connectivity index (χ3v) is 2.90. The molecule has 0 saturated carbocycles. The summed E-state index contributed by atoms with van der Waals surface area (Å²) in [7, 11) is 0. The molecule has 1 aliphatic heterocycles. The van der Waals surface area contributed by atoms with Crippen LogP contribution < -0.4 is 10.6 Å². The highest BCUT2D eigenvalue weighted by atomic mass is 16.2. The minimum absolute atomic E-state index is 0.204. The molecule has 1 saturated heterocycles. The van der Waals surface area contributed by atoms with E-state index in [4.69, 9.17) is 5.73 Å². The van der Waals surface area contributed by atoms with Gasteiger partial charge in [0, 0.05) is 24.9 Å². The fourth-order valence-electron chi connectivity index (χ4n) is 2.08. The number of aromatic nitrogens is 2. The van der Waals surface area contributed by atoms with E-state index >= 15 is 0 Å². The monoisotopic (exact) mass is 236 g/mol. The summed E-state index contributed by atoms with van der Waals surface area (Å²) >= 11 is 0. The Balaban J connectivity index is 2.34. The summed E-state index contributed by atoms with van der Waals surface area (Å²) in [5.41, 5.74) is 5.94. The Labute approximate surface area is 99.2 Å². The predicted octanol–water partition coefficient (Wildman–Crippen LogP) is 0.548. The van der Waals surface area contributed by atoms with Crippen LogP contribution in [0.25, 0.3) is 0 Å². The molecule has 3 N–H and O–H groups in total. The van der Waals surface area contributed by atoms with Gasteiger partial charge in [-0.1, -0.05) is 13.8 Å². The summed E-state index contributed by atoms with van der Waals surface area (Å²) in [6.07, 6.45) is 2.24. The summed E-state index contributed by atoms with van der Waals surface area (Å²) in [6.45, 7) is 4.07. The Kier molecular flexibility index (Phi) is 2.74. The van der Waals surface area contributed by atoms with E-state index in [2.05, 4.69) is 10.2 Å². The minimum Gasteiger partial charge on any atom is -0.326 e. The Hall–Kier alpha value is -1.69. The zero-order chi connectivity index (χ0) is 12.6. The van der Waals surface area contributed by atoms with Crippen LogP contribution in [0.2, 0.25) is 0 Å². The molecule has 0 atom stereocenters. The standard InChI is InChI=1S/C11H16N4O2/c1-11(2)3-8(16)15(9(17)4-11)10-7(5-12)6-13-14-10/h6H,3-5,12H2,1-2H3,(H,13,14). The van der Waals surface area contributed by atoms with Crippen LogP contribution in [0.15, 0.2) is 6.20 Å². The molecule has 6 heteroatoms. The number of carbonyl (C=O) groups is 2. The van der Waals surface area contributed by atoms with Crippen molar-refractivity contribution in [2.75, 3.05) is 4.90 Å². The van der Waals surface area contributed by atoms with Crippen molar-refractivity contribution in [2.45, 2.75) is 33.2 Å². The summed E-state index contributed by atoms with van der Waals surface area (Å²) in [6, 6.07) is 0. The molecular weight excluding hydrogens is 220 g/mol. The highest BCUT2D eigenvalue weighted by Gasteiger charge is 2.39. The molecule has 6 nitrogen and oxygen atoms in total.